The number of likely N-dealkylation sites (N-methyl/N-ethyl adjacent to an activating group) is 1. The number of hydrogen-bond donors (Lipinski definition) is 1. The maximum absolute atomic E-state index is 5.98. The lowest BCUT2D eigenvalue weighted by atomic mass is 9.88. The standard InChI is InChI=1S/C15H24N2S/c1-17(14(9-16)15-3-2-6-18-15)10-13-8-11-4-5-12(13)7-11/h2-3,6,11-14H,4-5,7-10,16H2,1H3. The van der Waals surface area contributed by atoms with Gasteiger partial charge in [0.1, 0.15) is 0 Å². The summed E-state index contributed by atoms with van der Waals surface area (Å²) in [5, 5.41) is 2.16. The van der Waals surface area contributed by atoms with E-state index in [1.165, 1.54) is 37.1 Å². The molecule has 2 nitrogen and oxygen atoms in total. The molecule has 4 unspecified atom stereocenters. The van der Waals surface area contributed by atoms with Crippen LogP contribution in [0.3, 0.4) is 0 Å². The Kier molecular flexibility index (Phi) is 3.73. The third-order valence-electron chi connectivity index (χ3n) is 5.03. The van der Waals surface area contributed by atoms with Crippen molar-refractivity contribution in [2.45, 2.75) is 31.7 Å². The van der Waals surface area contributed by atoms with E-state index in [0.717, 1.165) is 24.3 Å². The van der Waals surface area contributed by atoms with Gasteiger partial charge in [0, 0.05) is 18.0 Å². The van der Waals surface area contributed by atoms with Crippen molar-refractivity contribution in [1.29, 1.82) is 0 Å². The molecule has 2 saturated carbocycles. The number of nitrogens with two attached hydrogens (primary N) is 1. The zero-order valence-electron chi connectivity index (χ0n) is 11.2. The normalized spacial score (nSPS) is 32.3. The highest BCUT2D eigenvalue weighted by atomic mass is 32.1. The highest BCUT2D eigenvalue weighted by Crippen LogP contribution is 2.48. The second kappa shape index (κ2) is 5.32. The molecule has 0 amide bonds. The minimum atomic E-state index is 0.420. The molecule has 1 aromatic heterocycles. The van der Waals surface area contributed by atoms with Gasteiger partial charge in [0.05, 0.1) is 6.04 Å². The van der Waals surface area contributed by atoms with Crippen LogP contribution in [-0.2, 0) is 0 Å². The van der Waals surface area contributed by atoms with Crippen molar-refractivity contribution in [3.8, 4) is 0 Å². The molecule has 1 heterocycles. The summed E-state index contributed by atoms with van der Waals surface area (Å²) < 4.78 is 0. The predicted molar refractivity (Wildman–Crippen MR) is 77.7 cm³/mol. The zero-order chi connectivity index (χ0) is 12.5. The Morgan fingerprint density at radius 3 is 2.89 bits per heavy atom. The molecule has 3 heteroatoms. The topological polar surface area (TPSA) is 29.3 Å². The third kappa shape index (κ3) is 2.36. The van der Waals surface area contributed by atoms with Crippen LogP contribution >= 0.6 is 11.3 Å². The number of hydrogen-bond acceptors (Lipinski definition) is 3. The molecular weight excluding hydrogens is 240 g/mol. The van der Waals surface area contributed by atoms with Crippen LogP contribution in [0.25, 0.3) is 0 Å². The van der Waals surface area contributed by atoms with Crippen LogP contribution in [0.2, 0.25) is 0 Å². The fraction of sp³-hybridized carbons (Fsp3) is 0.733. The molecule has 3 rings (SSSR count). The number of fused-ring (bicyclic) bond motifs is 2. The van der Waals surface area contributed by atoms with Crippen molar-refractivity contribution in [2.24, 2.45) is 23.5 Å². The molecule has 100 valence electrons. The van der Waals surface area contributed by atoms with E-state index in [1.807, 2.05) is 11.3 Å². The number of rotatable bonds is 5. The SMILES string of the molecule is CN(CC1CC2CCC1C2)C(CN)c1cccs1. The van der Waals surface area contributed by atoms with Crippen LogP contribution in [0.15, 0.2) is 17.5 Å². The molecular formula is C15H24N2S. The summed E-state index contributed by atoms with van der Waals surface area (Å²) in [4.78, 5) is 3.92. The summed E-state index contributed by atoms with van der Waals surface area (Å²) in [6.07, 6.45) is 5.95. The monoisotopic (exact) mass is 264 g/mol. The van der Waals surface area contributed by atoms with Crippen molar-refractivity contribution in [3.63, 3.8) is 0 Å². The Morgan fingerprint density at radius 2 is 2.33 bits per heavy atom. The Bertz CT molecular complexity index is 376. The lowest BCUT2D eigenvalue weighted by Crippen LogP contribution is -2.35. The van der Waals surface area contributed by atoms with E-state index in [9.17, 15) is 0 Å². The molecule has 2 bridgehead atoms. The van der Waals surface area contributed by atoms with Gasteiger partial charge in [0.25, 0.3) is 0 Å². The van der Waals surface area contributed by atoms with Gasteiger partial charge in [-0.3, -0.25) is 4.90 Å². The first-order valence-corrected chi connectivity index (χ1v) is 8.09. The van der Waals surface area contributed by atoms with Crippen LogP contribution in [0.4, 0.5) is 0 Å². The molecule has 18 heavy (non-hydrogen) atoms. The number of thiophene rings is 1. The molecule has 0 aliphatic heterocycles. The first-order chi connectivity index (χ1) is 8.78. The van der Waals surface area contributed by atoms with Crippen LogP contribution in [0.1, 0.15) is 36.6 Å². The van der Waals surface area contributed by atoms with Gasteiger partial charge in [0.2, 0.25) is 0 Å². The van der Waals surface area contributed by atoms with Crippen LogP contribution in [0.5, 0.6) is 0 Å². The summed E-state index contributed by atoms with van der Waals surface area (Å²) >= 11 is 1.84. The molecule has 0 aromatic carbocycles. The first kappa shape index (κ1) is 12.6. The molecule has 2 aliphatic rings. The Balaban J connectivity index is 1.61. The molecule has 4 atom stereocenters. The summed E-state index contributed by atoms with van der Waals surface area (Å²) in [7, 11) is 2.25. The molecule has 0 radical (unpaired) electrons. The highest BCUT2D eigenvalue weighted by molar-refractivity contribution is 7.10. The summed E-state index contributed by atoms with van der Waals surface area (Å²) in [6, 6.07) is 4.78. The lowest BCUT2D eigenvalue weighted by Gasteiger charge is -2.32. The largest absolute Gasteiger partial charge is 0.329 e. The maximum Gasteiger partial charge on any atom is 0.0561 e. The minimum Gasteiger partial charge on any atom is -0.329 e. The van der Waals surface area contributed by atoms with Crippen molar-refractivity contribution in [1.82, 2.24) is 4.90 Å². The van der Waals surface area contributed by atoms with Crippen LogP contribution in [0, 0.1) is 17.8 Å². The smallest absolute Gasteiger partial charge is 0.0561 e. The van der Waals surface area contributed by atoms with Gasteiger partial charge in [0.15, 0.2) is 0 Å². The zero-order valence-corrected chi connectivity index (χ0v) is 12.0. The summed E-state index contributed by atoms with van der Waals surface area (Å²) in [6.45, 7) is 1.97. The Morgan fingerprint density at radius 1 is 1.44 bits per heavy atom. The van der Waals surface area contributed by atoms with E-state index < -0.39 is 0 Å². The third-order valence-corrected chi connectivity index (χ3v) is 6.01. The molecule has 0 saturated heterocycles. The average molecular weight is 264 g/mol. The fourth-order valence-electron chi connectivity index (χ4n) is 4.09. The van der Waals surface area contributed by atoms with Gasteiger partial charge in [-0.1, -0.05) is 12.5 Å². The van der Waals surface area contributed by atoms with Gasteiger partial charge < -0.3 is 5.73 Å². The van der Waals surface area contributed by atoms with Crippen molar-refractivity contribution >= 4 is 11.3 Å². The van der Waals surface area contributed by atoms with Gasteiger partial charge in [-0.2, -0.15) is 0 Å². The quantitative estimate of drug-likeness (QED) is 0.885. The number of nitrogens with zero attached hydrogens (tertiary/aromatic N) is 1. The summed E-state index contributed by atoms with van der Waals surface area (Å²) in [5.41, 5.74) is 5.98. The van der Waals surface area contributed by atoms with E-state index in [1.54, 1.807) is 0 Å². The highest BCUT2D eigenvalue weighted by Gasteiger charge is 2.40. The van der Waals surface area contributed by atoms with Gasteiger partial charge in [-0.25, -0.2) is 0 Å². The molecule has 2 aliphatic carbocycles. The van der Waals surface area contributed by atoms with Crippen molar-refractivity contribution < 1.29 is 0 Å². The molecule has 0 spiro atoms. The van der Waals surface area contributed by atoms with E-state index in [4.69, 9.17) is 5.73 Å². The predicted octanol–water partition coefficient (Wildman–Crippen LogP) is 3.12. The second-order valence-electron chi connectivity index (χ2n) is 6.14. The van der Waals surface area contributed by atoms with Gasteiger partial charge >= 0.3 is 0 Å². The maximum atomic E-state index is 5.98. The molecule has 1 aromatic rings. The van der Waals surface area contributed by atoms with E-state index in [2.05, 4.69) is 29.5 Å². The van der Waals surface area contributed by atoms with Crippen molar-refractivity contribution in [2.75, 3.05) is 20.1 Å². The van der Waals surface area contributed by atoms with Crippen molar-refractivity contribution in [3.05, 3.63) is 22.4 Å². The first-order valence-electron chi connectivity index (χ1n) is 7.21. The van der Waals surface area contributed by atoms with Gasteiger partial charge in [-0.15, -0.1) is 11.3 Å². The molecule has 2 N–H and O–H groups in total. The minimum absolute atomic E-state index is 0.420. The van der Waals surface area contributed by atoms with E-state index >= 15 is 0 Å². The molecule has 2 fully saturated rings. The Hall–Kier alpha value is -0.380. The average Bonchev–Trinajstić information content (AvgIpc) is 3.05. The van der Waals surface area contributed by atoms with Gasteiger partial charge in [-0.05, 0) is 55.5 Å². The van der Waals surface area contributed by atoms with Crippen LogP contribution in [-0.4, -0.2) is 25.0 Å². The Labute approximate surface area is 114 Å². The van der Waals surface area contributed by atoms with E-state index in [-0.39, 0.29) is 0 Å². The van der Waals surface area contributed by atoms with E-state index in [0.29, 0.717) is 6.04 Å². The van der Waals surface area contributed by atoms with Crippen LogP contribution < -0.4 is 5.73 Å². The lowest BCUT2D eigenvalue weighted by molar-refractivity contribution is 0.178. The summed E-state index contributed by atoms with van der Waals surface area (Å²) in [5.74, 6) is 2.99. The second-order valence-corrected chi connectivity index (χ2v) is 7.12. The fourth-order valence-corrected chi connectivity index (χ4v) is 5.00.